The summed E-state index contributed by atoms with van der Waals surface area (Å²) in [5.41, 5.74) is 7.72. The van der Waals surface area contributed by atoms with E-state index >= 15 is 0 Å². The van der Waals surface area contributed by atoms with E-state index in [4.69, 9.17) is 5.73 Å². The Balaban J connectivity index is 2.59. The molecule has 3 heteroatoms. The molecule has 0 saturated carbocycles. The lowest BCUT2D eigenvalue weighted by molar-refractivity contribution is -0.125. The Morgan fingerprint density at radius 3 is 2.56 bits per heavy atom. The van der Waals surface area contributed by atoms with Crippen LogP contribution in [0, 0.1) is 6.92 Å². The van der Waals surface area contributed by atoms with E-state index in [1.807, 2.05) is 44.2 Å². The average molecular weight is 246 g/mol. The first-order valence-electron chi connectivity index (χ1n) is 6.41. The number of nitrogens with two attached hydrogens (primary N) is 1. The predicted molar refractivity (Wildman–Crippen MR) is 76.1 cm³/mol. The number of benzene rings is 1. The van der Waals surface area contributed by atoms with Gasteiger partial charge in [-0.2, -0.15) is 0 Å². The summed E-state index contributed by atoms with van der Waals surface area (Å²) >= 11 is 0. The highest BCUT2D eigenvalue weighted by atomic mass is 16.2. The number of hydrogen-bond acceptors (Lipinski definition) is 2. The van der Waals surface area contributed by atoms with Gasteiger partial charge in [0.25, 0.3) is 0 Å². The van der Waals surface area contributed by atoms with Gasteiger partial charge in [-0.1, -0.05) is 29.8 Å². The van der Waals surface area contributed by atoms with Crippen molar-refractivity contribution in [3.8, 4) is 0 Å². The highest BCUT2D eigenvalue weighted by Crippen LogP contribution is 2.05. The molecule has 1 aromatic carbocycles. The molecule has 0 unspecified atom stereocenters. The normalized spacial score (nSPS) is 10.8. The fourth-order valence-corrected chi connectivity index (χ4v) is 1.66. The number of hydrogen-bond donors (Lipinski definition) is 1. The molecule has 1 aromatic rings. The van der Waals surface area contributed by atoms with Crippen LogP contribution in [0.2, 0.25) is 0 Å². The van der Waals surface area contributed by atoms with E-state index in [9.17, 15) is 4.79 Å². The lowest BCUT2D eigenvalue weighted by atomic mass is 10.1. The fraction of sp³-hybridized carbons (Fsp3) is 0.400. The molecule has 0 saturated heterocycles. The van der Waals surface area contributed by atoms with Crippen LogP contribution in [0.1, 0.15) is 24.5 Å². The standard InChI is InChI=1S/C15H22N2O/c1-3-17(12-4-11-16)15(18)10-9-14-7-5-13(2)6-8-14/h5-10H,3-4,11-12,16H2,1-2H3/b10-9+. The summed E-state index contributed by atoms with van der Waals surface area (Å²) < 4.78 is 0. The van der Waals surface area contributed by atoms with Crippen molar-refractivity contribution in [2.75, 3.05) is 19.6 Å². The van der Waals surface area contributed by atoms with Gasteiger partial charge >= 0.3 is 0 Å². The second-order valence-electron chi connectivity index (χ2n) is 4.30. The molecule has 2 N–H and O–H groups in total. The first-order valence-corrected chi connectivity index (χ1v) is 6.41. The second kappa shape index (κ2) is 7.67. The zero-order chi connectivity index (χ0) is 13.4. The summed E-state index contributed by atoms with van der Waals surface area (Å²) in [6.07, 6.45) is 4.33. The second-order valence-corrected chi connectivity index (χ2v) is 4.30. The molecule has 0 aromatic heterocycles. The molecule has 0 aliphatic heterocycles. The summed E-state index contributed by atoms with van der Waals surface area (Å²) in [5, 5.41) is 0. The molecule has 0 spiro atoms. The van der Waals surface area contributed by atoms with E-state index in [0.717, 1.165) is 25.1 Å². The molecule has 0 heterocycles. The average Bonchev–Trinajstić information content (AvgIpc) is 2.39. The molecule has 0 aliphatic rings. The largest absolute Gasteiger partial charge is 0.339 e. The maximum absolute atomic E-state index is 11.9. The van der Waals surface area contributed by atoms with E-state index in [1.165, 1.54) is 5.56 Å². The number of nitrogens with zero attached hydrogens (tertiary/aromatic N) is 1. The molecule has 0 radical (unpaired) electrons. The summed E-state index contributed by atoms with van der Waals surface area (Å²) in [4.78, 5) is 13.7. The first kappa shape index (κ1) is 14.5. The Kier molecular flexibility index (Phi) is 6.15. The van der Waals surface area contributed by atoms with Crippen LogP contribution >= 0.6 is 0 Å². The van der Waals surface area contributed by atoms with Gasteiger partial charge in [0.2, 0.25) is 5.91 Å². The van der Waals surface area contributed by atoms with Crippen LogP contribution in [-0.4, -0.2) is 30.4 Å². The van der Waals surface area contributed by atoms with Crippen molar-refractivity contribution in [1.29, 1.82) is 0 Å². The van der Waals surface area contributed by atoms with Gasteiger partial charge in [0.15, 0.2) is 0 Å². The van der Waals surface area contributed by atoms with Gasteiger partial charge in [0.05, 0.1) is 0 Å². The number of amides is 1. The summed E-state index contributed by atoms with van der Waals surface area (Å²) in [6, 6.07) is 8.09. The molecule has 1 amide bonds. The van der Waals surface area contributed by atoms with Gasteiger partial charge in [0, 0.05) is 19.2 Å². The molecule has 0 aliphatic carbocycles. The Morgan fingerprint density at radius 1 is 1.33 bits per heavy atom. The van der Waals surface area contributed by atoms with Crippen LogP contribution in [0.3, 0.4) is 0 Å². The smallest absolute Gasteiger partial charge is 0.246 e. The van der Waals surface area contributed by atoms with Crippen LogP contribution in [0.25, 0.3) is 6.08 Å². The van der Waals surface area contributed by atoms with E-state index in [1.54, 1.807) is 11.0 Å². The molecule has 18 heavy (non-hydrogen) atoms. The van der Waals surface area contributed by atoms with Crippen molar-refractivity contribution in [3.63, 3.8) is 0 Å². The van der Waals surface area contributed by atoms with Crippen LogP contribution in [0.5, 0.6) is 0 Å². The molecule has 98 valence electrons. The van der Waals surface area contributed by atoms with Gasteiger partial charge < -0.3 is 10.6 Å². The van der Waals surface area contributed by atoms with Crippen molar-refractivity contribution in [3.05, 3.63) is 41.5 Å². The summed E-state index contributed by atoms with van der Waals surface area (Å²) in [6.45, 7) is 6.09. The minimum atomic E-state index is 0.0477. The Labute approximate surface area is 109 Å². The number of carbonyl (C=O) groups is 1. The molecular weight excluding hydrogens is 224 g/mol. The van der Waals surface area contributed by atoms with E-state index in [2.05, 4.69) is 0 Å². The van der Waals surface area contributed by atoms with Gasteiger partial charge in [-0.3, -0.25) is 4.79 Å². The van der Waals surface area contributed by atoms with Crippen LogP contribution < -0.4 is 5.73 Å². The number of rotatable bonds is 6. The van der Waals surface area contributed by atoms with Gasteiger partial charge in [0.1, 0.15) is 0 Å². The third kappa shape index (κ3) is 4.72. The first-order chi connectivity index (χ1) is 8.67. The maximum Gasteiger partial charge on any atom is 0.246 e. The SMILES string of the molecule is CCN(CCCN)C(=O)/C=C/c1ccc(C)cc1. The van der Waals surface area contributed by atoms with Gasteiger partial charge in [-0.25, -0.2) is 0 Å². The van der Waals surface area contributed by atoms with Crippen molar-refractivity contribution in [1.82, 2.24) is 4.90 Å². The van der Waals surface area contributed by atoms with Crippen LogP contribution in [-0.2, 0) is 4.79 Å². The molecule has 3 nitrogen and oxygen atoms in total. The number of aryl methyl sites for hydroxylation is 1. The Morgan fingerprint density at radius 2 is 2.00 bits per heavy atom. The molecule has 0 bridgehead atoms. The monoisotopic (exact) mass is 246 g/mol. The third-order valence-corrected chi connectivity index (χ3v) is 2.82. The summed E-state index contributed by atoms with van der Waals surface area (Å²) in [5.74, 6) is 0.0477. The number of carbonyl (C=O) groups excluding carboxylic acids is 1. The lowest BCUT2D eigenvalue weighted by Crippen LogP contribution is -2.31. The third-order valence-electron chi connectivity index (χ3n) is 2.82. The minimum Gasteiger partial charge on any atom is -0.339 e. The quantitative estimate of drug-likeness (QED) is 0.782. The lowest BCUT2D eigenvalue weighted by Gasteiger charge is -2.18. The predicted octanol–water partition coefficient (Wildman–Crippen LogP) is 2.21. The molecule has 0 atom stereocenters. The Bertz CT molecular complexity index is 395. The van der Waals surface area contributed by atoms with Crippen molar-refractivity contribution >= 4 is 12.0 Å². The molecule has 1 rings (SSSR count). The zero-order valence-electron chi connectivity index (χ0n) is 11.2. The van der Waals surface area contributed by atoms with Gasteiger partial charge in [-0.05, 0) is 38.5 Å². The van der Waals surface area contributed by atoms with Crippen molar-refractivity contribution in [2.24, 2.45) is 5.73 Å². The maximum atomic E-state index is 11.9. The molecule has 0 fully saturated rings. The van der Waals surface area contributed by atoms with Gasteiger partial charge in [-0.15, -0.1) is 0 Å². The summed E-state index contributed by atoms with van der Waals surface area (Å²) in [7, 11) is 0. The molecular formula is C15H22N2O. The Hall–Kier alpha value is -1.61. The highest BCUT2D eigenvalue weighted by Gasteiger charge is 2.06. The van der Waals surface area contributed by atoms with Crippen molar-refractivity contribution < 1.29 is 4.79 Å². The zero-order valence-corrected chi connectivity index (χ0v) is 11.2. The number of likely N-dealkylation sites (N-methyl/N-ethyl adjacent to an activating group) is 1. The van der Waals surface area contributed by atoms with E-state index in [0.29, 0.717) is 6.54 Å². The van der Waals surface area contributed by atoms with Crippen molar-refractivity contribution in [2.45, 2.75) is 20.3 Å². The fourth-order valence-electron chi connectivity index (χ4n) is 1.66. The van der Waals surface area contributed by atoms with E-state index in [-0.39, 0.29) is 5.91 Å². The van der Waals surface area contributed by atoms with E-state index < -0.39 is 0 Å². The topological polar surface area (TPSA) is 46.3 Å². The highest BCUT2D eigenvalue weighted by molar-refractivity contribution is 5.91. The minimum absolute atomic E-state index is 0.0477. The van der Waals surface area contributed by atoms with Crippen LogP contribution in [0.15, 0.2) is 30.3 Å². The van der Waals surface area contributed by atoms with Crippen LogP contribution in [0.4, 0.5) is 0 Å².